The van der Waals surface area contributed by atoms with E-state index in [1.165, 1.54) is 12.1 Å². The minimum Gasteiger partial charge on any atom is -0.324 e. The lowest BCUT2D eigenvalue weighted by Gasteiger charge is -2.19. The Balaban J connectivity index is 2.88. The standard InChI is InChI=1S/C13H19F2N/c1-9(2)8-13(14,15)12-6-4-11(5-7-12)10(3)16/h4-7,9-10H,8,16H2,1-3H3. The van der Waals surface area contributed by atoms with Gasteiger partial charge in [0.05, 0.1) is 0 Å². The second-order valence-corrected chi connectivity index (χ2v) is 4.71. The summed E-state index contributed by atoms with van der Waals surface area (Å²) in [6, 6.07) is 6.18. The highest BCUT2D eigenvalue weighted by Crippen LogP contribution is 2.34. The molecule has 0 saturated carbocycles. The summed E-state index contributed by atoms with van der Waals surface area (Å²) in [6.07, 6.45) is -0.121. The number of nitrogens with two attached hydrogens (primary N) is 1. The summed E-state index contributed by atoms with van der Waals surface area (Å²) in [5, 5.41) is 0. The third-order valence-electron chi connectivity index (χ3n) is 2.52. The molecule has 0 radical (unpaired) electrons. The zero-order valence-electron chi connectivity index (χ0n) is 10.0. The quantitative estimate of drug-likeness (QED) is 0.830. The van der Waals surface area contributed by atoms with Crippen LogP contribution in [-0.4, -0.2) is 0 Å². The number of alkyl halides is 2. The Morgan fingerprint density at radius 3 is 2.00 bits per heavy atom. The minimum atomic E-state index is -2.75. The number of benzene rings is 1. The van der Waals surface area contributed by atoms with Crippen molar-refractivity contribution in [2.75, 3.05) is 0 Å². The van der Waals surface area contributed by atoms with Crippen LogP contribution in [0, 0.1) is 5.92 Å². The summed E-state index contributed by atoms with van der Waals surface area (Å²) in [5.74, 6) is -2.77. The highest BCUT2D eigenvalue weighted by molar-refractivity contribution is 5.27. The van der Waals surface area contributed by atoms with Crippen LogP contribution in [0.1, 0.15) is 44.4 Å². The molecule has 3 heteroatoms. The van der Waals surface area contributed by atoms with Crippen LogP contribution in [0.25, 0.3) is 0 Å². The molecule has 0 aliphatic rings. The average Bonchev–Trinajstić information content (AvgIpc) is 2.16. The third-order valence-corrected chi connectivity index (χ3v) is 2.52. The van der Waals surface area contributed by atoms with Crippen molar-refractivity contribution in [1.82, 2.24) is 0 Å². The molecular formula is C13H19F2N. The van der Waals surface area contributed by atoms with Gasteiger partial charge in [-0.1, -0.05) is 38.1 Å². The lowest BCUT2D eigenvalue weighted by Crippen LogP contribution is -2.16. The normalized spacial score (nSPS) is 14.2. The third kappa shape index (κ3) is 3.27. The van der Waals surface area contributed by atoms with Crippen LogP contribution in [0.2, 0.25) is 0 Å². The summed E-state index contributed by atoms with van der Waals surface area (Å²) in [4.78, 5) is 0. The van der Waals surface area contributed by atoms with Gasteiger partial charge in [-0.3, -0.25) is 0 Å². The first-order valence-electron chi connectivity index (χ1n) is 5.57. The maximum Gasteiger partial charge on any atom is 0.273 e. The van der Waals surface area contributed by atoms with E-state index in [2.05, 4.69) is 0 Å². The molecule has 0 aliphatic carbocycles. The van der Waals surface area contributed by atoms with E-state index in [-0.39, 0.29) is 23.9 Å². The topological polar surface area (TPSA) is 26.0 Å². The summed E-state index contributed by atoms with van der Waals surface area (Å²) < 4.78 is 27.4. The van der Waals surface area contributed by atoms with Gasteiger partial charge in [0.15, 0.2) is 0 Å². The maximum absolute atomic E-state index is 13.7. The molecule has 0 aliphatic heterocycles. The van der Waals surface area contributed by atoms with E-state index in [1.54, 1.807) is 26.0 Å². The lowest BCUT2D eigenvalue weighted by molar-refractivity contribution is -0.0249. The van der Waals surface area contributed by atoms with Gasteiger partial charge in [-0.15, -0.1) is 0 Å². The van der Waals surface area contributed by atoms with E-state index in [4.69, 9.17) is 5.73 Å². The fraction of sp³-hybridized carbons (Fsp3) is 0.538. The molecule has 0 aromatic heterocycles. The van der Waals surface area contributed by atoms with E-state index >= 15 is 0 Å². The molecule has 0 spiro atoms. The van der Waals surface area contributed by atoms with Gasteiger partial charge in [0.1, 0.15) is 0 Å². The molecule has 1 nitrogen and oxygen atoms in total. The summed E-state index contributed by atoms with van der Waals surface area (Å²) in [6.45, 7) is 5.43. The number of hydrogen-bond donors (Lipinski definition) is 1. The van der Waals surface area contributed by atoms with Crippen molar-refractivity contribution in [2.24, 2.45) is 11.7 Å². The van der Waals surface area contributed by atoms with E-state index < -0.39 is 5.92 Å². The highest BCUT2D eigenvalue weighted by Gasteiger charge is 2.32. The Labute approximate surface area is 95.7 Å². The van der Waals surface area contributed by atoms with Gasteiger partial charge in [0.2, 0.25) is 0 Å². The van der Waals surface area contributed by atoms with Crippen molar-refractivity contribution in [3.05, 3.63) is 35.4 Å². The van der Waals surface area contributed by atoms with Crippen molar-refractivity contribution >= 4 is 0 Å². The molecule has 0 saturated heterocycles. The van der Waals surface area contributed by atoms with Gasteiger partial charge in [0, 0.05) is 18.0 Å². The molecule has 0 bridgehead atoms. The first kappa shape index (κ1) is 13.1. The Morgan fingerprint density at radius 1 is 1.12 bits per heavy atom. The number of halogens is 2. The van der Waals surface area contributed by atoms with Crippen molar-refractivity contribution < 1.29 is 8.78 Å². The summed E-state index contributed by atoms with van der Waals surface area (Å²) in [7, 11) is 0. The van der Waals surface area contributed by atoms with Crippen molar-refractivity contribution in [1.29, 1.82) is 0 Å². The monoisotopic (exact) mass is 227 g/mol. The smallest absolute Gasteiger partial charge is 0.273 e. The Bertz CT molecular complexity index is 328. The molecule has 1 rings (SSSR count). The number of hydrogen-bond acceptors (Lipinski definition) is 1. The van der Waals surface area contributed by atoms with Gasteiger partial charge in [0.25, 0.3) is 5.92 Å². The van der Waals surface area contributed by atoms with Gasteiger partial charge in [-0.2, -0.15) is 0 Å². The predicted octanol–water partition coefficient (Wildman–Crippen LogP) is 3.84. The Kier molecular flexibility index (Phi) is 4.03. The van der Waals surface area contributed by atoms with Crippen LogP contribution in [0.3, 0.4) is 0 Å². The van der Waals surface area contributed by atoms with Crippen LogP contribution in [0.4, 0.5) is 8.78 Å². The molecule has 90 valence electrons. The van der Waals surface area contributed by atoms with Crippen LogP contribution in [0.15, 0.2) is 24.3 Å². The molecule has 0 amide bonds. The van der Waals surface area contributed by atoms with Crippen LogP contribution >= 0.6 is 0 Å². The maximum atomic E-state index is 13.7. The van der Waals surface area contributed by atoms with Crippen LogP contribution < -0.4 is 5.73 Å². The average molecular weight is 227 g/mol. The van der Waals surface area contributed by atoms with Gasteiger partial charge >= 0.3 is 0 Å². The van der Waals surface area contributed by atoms with E-state index in [0.29, 0.717) is 0 Å². The first-order chi connectivity index (χ1) is 7.33. The summed E-state index contributed by atoms with van der Waals surface area (Å²) >= 11 is 0. The molecule has 0 fully saturated rings. The summed E-state index contributed by atoms with van der Waals surface area (Å²) in [5.41, 5.74) is 6.62. The van der Waals surface area contributed by atoms with Gasteiger partial charge in [-0.05, 0) is 18.4 Å². The predicted molar refractivity (Wildman–Crippen MR) is 62.4 cm³/mol. The zero-order chi connectivity index (χ0) is 12.3. The van der Waals surface area contributed by atoms with Gasteiger partial charge in [-0.25, -0.2) is 8.78 Å². The van der Waals surface area contributed by atoms with Crippen LogP contribution in [-0.2, 0) is 5.92 Å². The second-order valence-electron chi connectivity index (χ2n) is 4.71. The molecule has 1 unspecified atom stereocenters. The van der Waals surface area contributed by atoms with Crippen molar-refractivity contribution in [2.45, 2.75) is 39.2 Å². The van der Waals surface area contributed by atoms with E-state index in [1.807, 2.05) is 6.92 Å². The van der Waals surface area contributed by atoms with Gasteiger partial charge < -0.3 is 5.73 Å². The SMILES string of the molecule is CC(C)CC(F)(F)c1ccc(C(C)N)cc1. The molecule has 1 aromatic rings. The highest BCUT2D eigenvalue weighted by atomic mass is 19.3. The fourth-order valence-electron chi connectivity index (χ4n) is 1.66. The molecule has 2 N–H and O–H groups in total. The van der Waals surface area contributed by atoms with Crippen LogP contribution in [0.5, 0.6) is 0 Å². The number of rotatable bonds is 4. The van der Waals surface area contributed by atoms with Crippen molar-refractivity contribution in [3.63, 3.8) is 0 Å². The lowest BCUT2D eigenvalue weighted by atomic mass is 9.97. The molecule has 0 heterocycles. The molecule has 16 heavy (non-hydrogen) atoms. The Morgan fingerprint density at radius 2 is 1.62 bits per heavy atom. The molecule has 1 atom stereocenters. The van der Waals surface area contributed by atoms with E-state index in [0.717, 1.165) is 5.56 Å². The molecule has 1 aromatic carbocycles. The zero-order valence-corrected chi connectivity index (χ0v) is 10.0. The van der Waals surface area contributed by atoms with E-state index in [9.17, 15) is 8.78 Å². The molecular weight excluding hydrogens is 208 g/mol. The fourth-order valence-corrected chi connectivity index (χ4v) is 1.66. The second kappa shape index (κ2) is 4.91. The Hall–Kier alpha value is -0.960. The van der Waals surface area contributed by atoms with Crippen molar-refractivity contribution in [3.8, 4) is 0 Å². The first-order valence-corrected chi connectivity index (χ1v) is 5.57. The largest absolute Gasteiger partial charge is 0.324 e. The minimum absolute atomic E-state index is 0.0249.